The van der Waals surface area contributed by atoms with E-state index >= 15 is 0 Å². The van der Waals surface area contributed by atoms with Gasteiger partial charge in [0.15, 0.2) is 0 Å². The molecule has 5 heteroatoms. The molecule has 0 aliphatic carbocycles. The third kappa shape index (κ3) is 16.2. The fourth-order valence-electron chi connectivity index (χ4n) is 2.93. The lowest BCUT2D eigenvalue weighted by Gasteiger charge is -2.22. The molecule has 0 saturated carbocycles. The van der Waals surface area contributed by atoms with E-state index in [-0.39, 0.29) is 0 Å². The van der Waals surface area contributed by atoms with E-state index in [1.165, 1.54) is 45.3 Å². The Morgan fingerprint density at radius 2 is 1.19 bits per heavy atom. The molecule has 0 aliphatic rings. The Balaban J connectivity index is 3.91. The second-order valence-electron chi connectivity index (χ2n) is 7.49. The lowest BCUT2D eigenvalue weighted by atomic mass is 10.0. The molecule has 1 atom stereocenters. The average Bonchev–Trinajstić information content (AvgIpc) is 2.62. The van der Waals surface area contributed by atoms with Crippen LogP contribution < -0.4 is 0 Å². The largest absolute Gasteiger partial charge is 0.484 e. The van der Waals surface area contributed by atoms with E-state index in [0.717, 1.165) is 51.9 Å². The molecule has 0 fully saturated rings. The highest BCUT2D eigenvalue weighted by molar-refractivity contribution is 6.36. The summed E-state index contributed by atoms with van der Waals surface area (Å²) in [5.41, 5.74) is 0. The molecule has 26 heavy (non-hydrogen) atoms. The Morgan fingerprint density at radius 1 is 0.654 bits per heavy atom. The van der Waals surface area contributed by atoms with E-state index < -0.39 is 9.53 Å². The van der Waals surface area contributed by atoms with Gasteiger partial charge in [-0.1, -0.05) is 47.5 Å². The molecule has 0 radical (unpaired) electrons. The second kappa shape index (κ2) is 19.8. The maximum Gasteiger partial charge on any atom is 0.484 e. The predicted octanol–water partition coefficient (Wildman–Crippen LogP) is 5.28. The smallest absolute Gasteiger partial charge is 0.376 e. The summed E-state index contributed by atoms with van der Waals surface area (Å²) >= 11 is 0. The highest BCUT2D eigenvalue weighted by Gasteiger charge is 2.15. The minimum Gasteiger partial charge on any atom is -0.376 e. The molecule has 0 aliphatic heterocycles. The van der Waals surface area contributed by atoms with Crippen LogP contribution in [-0.2, 0) is 13.3 Å². The van der Waals surface area contributed by atoms with Crippen LogP contribution in [0.5, 0.6) is 0 Å². The predicted molar refractivity (Wildman–Crippen MR) is 115 cm³/mol. The summed E-state index contributed by atoms with van der Waals surface area (Å²) in [5, 5.41) is 0. The van der Waals surface area contributed by atoms with Crippen molar-refractivity contribution in [2.45, 2.75) is 92.4 Å². The molecular weight excluding hydrogens is 342 g/mol. The summed E-state index contributed by atoms with van der Waals surface area (Å²) in [7, 11) is -1.93. The fraction of sp³-hybridized carbons (Fsp3) is 1.00. The van der Waals surface area contributed by atoms with Crippen molar-refractivity contribution in [1.82, 2.24) is 4.90 Å². The maximum atomic E-state index is 5.99. The molecule has 0 N–H and O–H groups in total. The zero-order valence-corrected chi connectivity index (χ0v) is 19.6. The Labute approximate surface area is 165 Å². The van der Waals surface area contributed by atoms with E-state index in [1.54, 1.807) is 0 Å². The summed E-state index contributed by atoms with van der Waals surface area (Å²) in [6.07, 6.45) is 10.7. The quantitative estimate of drug-likeness (QED) is 0.209. The Morgan fingerprint density at radius 3 is 1.69 bits per heavy atom. The fourth-order valence-corrected chi connectivity index (χ4v) is 4.27. The first-order valence-corrected chi connectivity index (χ1v) is 12.7. The normalized spacial score (nSPS) is 13.0. The van der Waals surface area contributed by atoms with Gasteiger partial charge in [-0.05, 0) is 70.5 Å². The number of unbranched alkanes of at least 4 members (excludes halogenated alkanes) is 2. The number of hydrogen-bond acceptors (Lipinski definition) is 4. The molecule has 0 spiro atoms. The van der Waals surface area contributed by atoms with Gasteiger partial charge in [0.05, 0.1) is 0 Å². The zero-order chi connectivity index (χ0) is 19.5. The van der Waals surface area contributed by atoms with Crippen LogP contribution in [0.15, 0.2) is 0 Å². The highest BCUT2D eigenvalue weighted by Crippen LogP contribution is 2.12. The average molecular weight is 390 g/mol. The van der Waals surface area contributed by atoms with Crippen molar-refractivity contribution >= 4 is 9.53 Å². The molecular formula is C21H47NO3Si. The zero-order valence-electron chi connectivity index (χ0n) is 18.4. The van der Waals surface area contributed by atoms with Gasteiger partial charge in [-0.3, -0.25) is 0 Å². The van der Waals surface area contributed by atoms with Gasteiger partial charge in [0.1, 0.15) is 0 Å². The molecule has 0 heterocycles. The van der Waals surface area contributed by atoms with Crippen molar-refractivity contribution in [2.75, 3.05) is 39.5 Å². The van der Waals surface area contributed by atoms with Crippen LogP contribution >= 0.6 is 0 Å². The van der Waals surface area contributed by atoms with Crippen LogP contribution in [0.25, 0.3) is 0 Å². The lowest BCUT2D eigenvalue weighted by Crippen LogP contribution is -2.29. The Bertz CT molecular complexity index is 266. The first-order valence-electron chi connectivity index (χ1n) is 11.2. The molecule has 0 saturated heterocycles. The van der Waals surface area contributed by atoms with Crippen molar-refractivity contribution < 1.29 is 13.3 Å². The van der Waals surface area contributed by atoms with Gasteiger partial charge in [0, 0.05) is 19.8 Å². The van der Waals surface area contributed by atoms with Crippen molar-refractivity contribution in [3.63, 3.8) is 0 Å². The first-order chi connectivity index (χ1) is 12.7. The van der Waals surface area contributed by atoms with E-state index in [4.69, 9.17) is 13.3 Å². The van der Waals surface area contributed by atoms with Crippen LogP contribution in [-0.4, -0.2) is 53.9 Å². The maximum absolute atomic E-state index is 5.99. The highest BCUT2D eigenvalue weighted by atomic mass is 28.3. The van der Waals surface area contributed by atoms with Gasteiger partial charge in [-0.15, -0.1) is 0 Å². The summed E-state index contributed by atoms with van der Waals surface area (Å²) in [6.45, 7) is 17.3. The van der Waals surface area contributed by atoms with Gasteiger partial charge in [-0.25, -0.2) is 0 Å². The van der Waals surface area contributed by atoms with E-state index in [9.17, 15) is 0 Å². The molecule has 0 bridgehead atoms. The van der Waals surface area contributed by atoms with Gasteiger partial charge in [-0.2, -0.15) is 0 Å². The number of rotatable bonds is 20. The topological polar surface area (TPSA) is 30.9 Å². The van der Waals surface area contributed by atoms with Gasteiger partial charge >= 0.3 is 9.53 Å². The number of hydrogen-bond donors (Lipinski definition) is 0. The van der Waals surface area contributed by atoms with Crippen molar-refractivity contribution in [2.24, 2.45) is 5.92 Å². The monoisotopic (exact) mass is 389 g/mol. The molecule has 0 amide bonds. The van der Waals surface area contributed by atoms with Gasteiger partial charge in [0.2, 0.25) is 0 Å². The Kier molecular flexibility index (Phi) is 19.9. The van der Waals surface area contributed by atoms with E-state index in [1.807, 2.05) is 0 Å². The van der Waals surface area contributed by atoms with Crippen LogP contribution in [0, 0.1) is 5.92 Å². The van der Waals surface area contributed by atoms with E-state index in [2.05, 4.69) is 39.5 Å². The van der Waals surface area contributed by atoms with Crippen molar-refractivity contribution in [1.29, 1.82) is 0 Å². The van der Waals surface area contributed by atoms with Crippen LogP contribution in [0.4, 0.5) is 0 Å². The molecule has 0 aromatic rings. The number of nitrogens with zero attached hydrogens (tertiary/aromatic N) is 1. The standard InChI is InChI=1S/C21H47NO3Si/c1-6-10-18-23-26(24-19-11-7-2)25-20-14-21(5)13-12-17-22(15-8-3)16-9-4/h21,26H,6-20H2,1-5H3. The SMILES string of the molecule is CCCCO[SiH](OCCCC)OCCC(C)CCCN(CCC)CCC. The molecule has 158 valence electrons. The molecule has 4 nitrogen and oxygen atoms in total. The van der Waals surface area contributed by atoms with Crippen LogP contribution in [0.3, 0.4) is 0 Å². The van der Waals surface area contributed by atoms with Crippen molar-refractivity contribution in [3.05, 3.63) is 0 Å². The molecule has 0 aromatic carbocycles. The van der Waals surface area contributed by atoms with Crippen molar-refractivity contribution in [3.8, 4) is 0 Å². The minimum atomic E-state index is -1.93. The minimum absolute atomic E-state index is 0.709. The first kappa shape index (κ1) is 26.1. The summed E-state index contributed by atoms with van der Waals surface area (Å²) < 4.78 is 17.7. The molecule has 0 aromatic heterocycles. The van der Waals surface area contributed by atoms with E-state index in [0.29, 0.717) is 5.92 Å². The summed E-state index contributed by atoms with van der Waals surface area (Å²) in [6, 6.07) is 0. The van der Waals surface area contributed by atoms with Crippen LogP contribution in [0.1, 0.15) is 92.4 Å². The summed E-state index contributed by atoms with van der Waals surface area (Å²) in [5.74, 6) is 0.709. The molecule has 1 unspecified atom stereocenters. The van der Waals surface area contributed by atoms with Gasteiger partial charge < -0.3 is 18.2 Å². The Hall–Kier alpha value is 0.0569. The third-order valence-corrected chi connectivity index (χ3v) is 6.14. The van der Waals surface area contributed by atoms with Crippen LogP contribution in [0.2, 0.25) is 0 Å². The third-order valence-electron chi connectivity index (χ3n) is 4.62. The molecule has 0 rings (SSSR count). The lowest BCUT2D eigenvalue weighted by molar-refractivity contribution is 0.0862. The second-order valence-corrected chi connectivity index (χ2v) is 9.06. The summed E-state index contributed by atoms with van der Waals surface area (Å²) in [4.78, 5) is 2.61. The van der Waals surface area contributed by atoms with Gasteiger partial charge in [0.25, 0.3) is 0 Å².